The summed E-state index contributed by atoms with van der Waals surface area (Å²) in [5.41, 5.74) is 5.24. The Morgan fingerprint density at radius 3 is 2.72 bits per heavy atom. The first-order chi connectivity index (χ1) is 8.50. The van der Waals surface area contributed by atoms with Gasteiger partial charge in [0.05, 0.1) is 11.6 Å². The number of rotatable bonds is 5. The van der Waals surface area contributed by atoms with Gasteiger partial charge in [-0.05, 0) is 12.1 Å². The van der Waals surface area contributed by atoms with E-state index in [4.69, 9.17) is 10.5 Å². The second-order valence-corrected chi connectivity index (χ2v) is 3.49. The molecule has 1 rings (SSSR count). The molecule has 0 unspecified atom stereocenters. The second kappa shape index (κ2) is 6.55. The highest BCUT2D eigenvalue weighted by atomic mass is 16.6. The minimum absolute atomic E-state index is 0.166. The zero-order valence-electron chi connectivity index (χ0n) is 9.78. The van der Waals surface area contributed by atoms with Crippen molar-refractivity contribution >= 4 is 12.1 Å². The van der Waals surface area contributed by atoms with E-state index in [1.807, 2.05) is 0 Å². The Hall–Kier alpha value is -2.15. The van der Waals surface area contributed by atoms with Crippen molar-refractivity contribution in [2.75, 3.05) is 6.61 Å². The van der Waals surface area contributed by atoms with Gasteiger partial charge in [-0.3, -0.25) is 9.78 Å². The van der Waals surface area contributed by atoms with Crippen LogP contribution in [0.3, 0.4) is 0 Å². The molecule has 18 heavy (non-hydrogen) atoms. The average Bonchev–Trinajstić information content (AvgIpc) is 2.29. The van der Waals surface area contributed by atoms with Crippen LogP contribution >= 0.6 is 0 Å². The zero-order valence-corrected chi connectivity index (χ0v) is 9.78. The molecule has 1 amide bonds. The van der Waals surface area contributed by atoms with Crippen molar-refractivity contribution in [3.63, 3.8) is 0 Å². The number of aromatic nitrogens is 1. The molecule has 0 saturated carbocycles. The van der Waals surface area contributed by atoms with E-state index in [1.165, 1.54) is 13.1 Å². The molecule has 0 fully saturated rings. The van der Waals surface area contributed by atoms with Gasteiger partial charge in [0.15, 0.2) is 0 Å². The van der Waals surface area contributed by atoms with E-state index in [1.54, 1.807) is 18.2 Å². The van der Waals surface area contributed by atoms with Crippen LogP contribution in [0.1, 0.15) is 18.5 Å². The molecular weight excluding hydrogens is 240 g/mol. The standard InChI is InChI=1S/C11H14N2O5/c1-7(14)17-6-8(10(15)18-11(12)16)9-4-2-3-5-13-9/h2-5,8,10,15H,6H2,1H3,(H2,12,16)/t8-,10+/m1/s1. The average molecular weight is 254 g/mol. The molecule has 0 saturated heterocycles. The number of aliphatic hydroxyl groups excluding tert-OH is 1. The van der Waals surface area contributed by atoms with Gasteiger partial charge in [0.2, 0.25) is 6.29 Å². The third kappa shape index (κ3) is 4.38. The van der Waals surface area contributed by atoms with Crippen LogP contribution in [0.25, 0.3) is 0 Å². The SMILES string of the molecule is CC(=O)OC[C@H](c1ccccn1)[C@@H](O)OC(N)=O. The lowest BCUT2D eigenvalue weighted by Gasteiger charge is -2.21. The number of amides is 1. The molecule has 0 aliphatic heterocycles. The minimum Gasteiger partial charge on any atom is -0.465 e. The van der Waals surface area contributed by atoms with Gasteiger partial charge >= 0.3 is 12.1 Å². The number of nitrogens with two attached hydrogens (primary N) is 1. The maximum absolute atomic E-state index is 10.8. The Morgan fingerprint density at radius 1 is 1.50 bits per heavy atom. The predicted octanol–water partition coefficient (Wildman–Crippen LogP) is 0.142. The normalized spacial score (nSPS) is 13.4. The Labute approximate surface area is 104 Å². The van der Waals surface area contributed by atoms with Crippen LogP contribution in [0.2, 0.25) is 0 Å². The second-order valence-electron chi connectivity index (χ2n) is 3.49. The number of carbonyl (C=O) groups is 2. The summed E-state index contributed by atoms with van der Waals surface area (Å²) in [5.74, 6) is -1.30. The monoisotopic (exact) mass is 254 g/mol. The molecule has 1 aromatic heterocycles. The number of pyridine rings is 1. The van der Waals surface area contributed by atoms with Crippen LogP contribution in [0.15, 0.2) is 24.4 Å². The summed E-state index contributed by atoms with van der Waals surface area (Å²) < 4.78 is 9.25. The van der Waals surface area contributed by atoms with E-state index in [0.29, 0.717) is 5.69 Å². The fraction of sp³-hybridized carbons (Fsp3) is 0.364. The first kappa shape index (κ1) is 13.9. The summed E-state index contributed by atoms with van der Waals surface area (Å²) in [5, 5.41) is 9.69. The molecule has 0 spiro atoms. The summed E-state index contributed by atoms with van der Waals surface area (Å²) in [7, 11) is 0. The maximum atomic E-state index is 10.8. The molecule has 2 atom stereocenters. The van der Waals surface area contributed by atoms with Crippen molar-refractivity contribution in [3.05, 3.63) is 30.1 Å². The third-order valence-corrected chi connectivity index (χ3v) is 2.11. The van der Waals surface area contributed by atoms with Crippen molar-refractivity contribution < 1.29 is 24.2 Å². The van der Waals surface area contributed by atoms with E-state index < -0.39 is 24.3 Å². The number of hydrogen-bond donors (Lipinski definition) is 2. The number of esters is 1. The quantitative estimate of drug-likeness (QED) is 0.571. The molecule has 0 aliphatic carbocycles. The van der Waals surface area contributed by atoms with Crippen molar-refractivity contribution in [3.8, 4) is 0 Å². The molecule has 0 aromatic carbocycles. The fourth-order valence-electron chi connectivity index (χ4n) is 1.32. The van der Waals surface area contributed by atoms with Gasteiger partial charge in [-0.2, -0.15) is 0 Å². The van der Waals surface area contributed by atoms with Gasteiger partial charge in [-0.1, -0.05) is 6.07 Å². The van der Waals surface area contributed by atoms with Gasteiger partial charge in [-0.15, -0.1) is 0 Å². The number of hydrogen-bond acceptors (Lipinski definition) is 6. The third-order valence-electron chi connectivity index (χ3n) is 2.11. The Balaban J connectivity index is 2.80. The minimum atomic E-state index is -1.53. The predicted molar refractivity (Wildman–Crippen MR) is 60.3 cm³/mol. The van der Waals surface area contributed by atoms with Gasteiger partial charge in [0.25, 0.3) is 0 Å². The van der Waals surface area contributed by atoms with E-state index in [0.717, 1.165) is 0 Å². The number of nitrogens with zero attached hydrogens (tertiary/aromatic N) is 1. The van der Waals surface area contributed by atoms with Crippen LogP contribution in [-0.2, 0) is 14.3 Å². The largest absolute Gasteiger partial charge is 0.465 e. The highest BCUT2D eigenvalue weighted by Gasteiger charge is 2.26. The van der Waals surface area contributed by atoms with Crippen LogP contribution in [0.4, 0.5) is 4.79 Å². The zero-order chi connectivity index (χ0) is 13.5. The molecule has 0 bridgehead atoms. The first-order valence-electron chi connectivity index (χ1n) is 5.19. The molecule has 7 nitrogen and oxygen atoms in total. The van der Waals surface area contributed by atoms with Crippen LogP contribution < -0.4 is 5.73 Å². The maximum Gasteiger partial charge on any atom is 0.406 e. The molecular formula is C11H14N2O5. The first-order valence-corrected chi connectivity index (χ1v) is 5.19. The van der Waals surface area contributed by atoms with Crippen molar-refractivity contribution in [1.29, 1.82) is 0 Å². The van der Waals surface area contributed by atoms with Crippen molar-refractivity contribution in [2.24, 2.45) is 5.73 Å². The molecule has 1 heterocycles. The van der Waals surface area contributed by atoms with E-state index in [-0.39, 0.29) is 6.61 Å². The van der Waals surface area contributed by atoms with Gasteiger partial charge in [-0.25, -0.2) is 4.79 Å². The fourth-order valence-corrected chi connectivity index (χ4v) is 1.32. The van der Waals surface area contributed by atoms with Crippen molar-refractivity contribution in [2.45, 2.75) is 19.1 Å². The van der Waals surface area contributed by atoms with E-state index in [9.17, 15) is 14.7 Å². The number of ether oxygens (including phenoxy) is 2. The van der Waals surface area contributed by atoms with Crippen LogP contribution in [-0.4, -0.2) is 35.0 Å². The number of carbonyl (C=O) groups excluding carboxylic acids is 2. The lowest BCUT2D eigenvalue weighted by molar-refractivity contribution is -0.145. The Bertz CT molecular complexity index is 409. The molecule has 98 valence electrons. The van der Waals surface area contributed by atoms with E-state index >= 15 is 0 Å². The number of primary amides is 1. The molecule has 0 aliphatic rings. The highest BCUT2D eigenvalue weighted by molar-refractivity contribution is 5.66. The Morgan fingerprint density at radius 2 is 2.22 bits per heavy atom. The van der Waals surface area contributed by atoms with Crippen molar-refractivity contribution in [1.82, 2.24) is 4.98 Å². The van der Waals surface area contributed by atoms with E-state index in [2.05, 4.69) is 9.72 Å². The van der Waals surface area contributed by atoms with Gasteiger partial charge in [0, 0.05) is 13.1 Å². The molecule has 3 N–H and O–H groups in total. The molecule has 0 radical (unpaired) electrons. The van der Waals surface area contributed by atoms with Gasteiger partial charge in [0.1, 0.15) is 6.61 Å². The summed E-state index contributed by atoms with van der Waals surface area (Å²) in [4.78, 5) is 25.4. The smallest absolute Gasteiger partial charge is 0.406 e. The Kier molecular flexibility index (Phi) is 5.06. The summed E-state index contributed by atoms with van der Waals surface area (Å²) in [6, 6.07) is 5.00. The topological polar surface area (TPSA) is 112 Å². The number of aliphatic hydroxyl groups is 1. The van der Waals surface area contributed by atoms with Gasteiger partial charge < -0.3 is 20.3 Å². The molecule has 7 heteroatoms. The summed E-state index contributed by atoms with van der Waals surface area (Å²) >= 11 is 0. The van der Waals surface area contributed by atoms with Crippen LogP contribution in [0.5, 0.6) is 0 Å². The summed E-state index contributed by atoms with van der Waals surface area (Å²) in [6.45, 7) is 1.07. The molecule has 1 aromatic rings. The lowest BCUT2D eigenvalue weighted by Crippen LogP contribution is -2.31. The van der Waals surface area contributed by atoms with Crippen LogP contribution in [0, 0.1) is 0 Å². The highest BCUT2D eigenvalue weighted by Crippen LogP contribution is 2.19. The summed E-state index contributed by atoms with van der Waals surface area (Å²) in [6.07, 6.45) is -1.14. The lowest BCUT2D eigenvalue weighted by atomic mass is 10.1.